The lowest BCUT2D eigenvalue weighted by Crippen LogP contribution is -2.45. The second kappa shape index (κ2) is 9.84. The van der Waals surface area contributed by atoms with Crippen molar-refractivity contribution in [2.24, 2.45) is 0 Å². The number of ketones is 1. The number of piperazine rings is 1. The van der Waals surface area contributed by atoms with E-state index >= 15 is 0 Å². The predicted molar refractivity (Wildman–Crippen MR) is 132 cm³/mol. The van der Waals surface area contributed by atoms with E-state index in [9.17, 15) is 19.7 Å². The molecule has 3 aromatic carbocycles. The molecule has 8 nitrogen and oxygen atoms in total. The molecule has 0 aromatic heterocycles. The maximum atomic E-state index is 13.5. The number of carbonyl (C=O) groups is 2. The molecule has 8 heteroatoms. The molecule has 3 aromatic rings. The third kappa shape index (κ3) is 4.82. The topological polar surface area (TPSA) is 95.8 Å². The minimum absolute atomic E-state index is 0.151. The number of hydrogen-bond acceptors (Lipinski definition) is 6. The van der Waals surface area contributed by atoms with Gasteiger partial charge in [-0.1, -0.05) is 42.5 Å². The number of anilines is 2. The number of nitrogens with one attached hydrogen (secondary N) is 1. The van der Waals surface area contributed by atoms with Gasteiger partial charge in [0.25, 0.3) is 5.69 Å². The molecule has 174 valence electrons. The van der Waals surface area contributed by atoms with Crippen LogP contribution in [0.3, 0.4) is 0 Å². The summed E-state index contributed by atoms with van der Waals surface area (Å²) in [6.07, 6.45) is 0. The third-order valence-electron chi connectivity index (χ3n) is 5.95. The molecule has 34 heavy (non-hydrogen) atoms. The number of rotatable bonds is 6. The number of nitro benzene ring substituents is 1. The van der Waals surface area contributed by atoms with Gasteiger partial charge in [-0.15, -0.1) is 0 Å². The fourth-order valence-corrected chi connectivity index (χ4v) is 4.24. The highest BCUT2D eigenvalue weighted by Gasteiger charge is 2.25. The van der Waals surface area contributed by atoms with Crippen LogP contribution in [0.5, 0.6) is 0 Å². The maximum Gasteiger partial charge on any atom is 0.270 e. The van der Waals surface area contributed by atoms with E-state index in [2.05, 4.69) is 22.2 Å². The number of nitrogens with zero attached hydrogens (tertiary/aromatic N) is 3. The Balaban J connectivity index is 1.92. The summed E-state index contributed by atoms with van der Waals surface area (Å²) in [6, 6.07) is 18.6. The van der Waals surface area contributed by atoms with Gasteiger partial charge >= 0.3 is 0 Å². The summed E-state index contributed by atoms with van der Waals surface area (Å²) < 4.78 is 0. The van der Waals surface area contributed by atoms with Gasteiger partial charge in [-0.2, -0.15) is 0 Å². The largest absolute Gasteiger partial charge is 0.367 e. The van der Waals surface area contributed by atoms with Crippen molar-refractivity contribution in [2.75, 3.05) is 43.4 Å². The average molecular weight is 459 g/mol. The van der Waals surface area contributed by atoms with Gasteiger partial charge < -0.3 is 15.1 Å². The SMILES string of the molecule is CC(=O)Nc1cccc(-c2ccc([N+](=O)[O-])cc2C(=O)c2ccccc2)c1N1CCN(C)CC1. The molecule has 0 aliphatic carbocycles. The van der Waals surface area contributed by atoms with Crippen molar-refractivity contribution in [3.8, 4) is 11.1 Å². The average Bonchev–Trinajstić information content (AvgIpc) is 2.84. The summed E-state index contributed by atoms with van der Waals surface area (Å²) in [5.74, 6) is -0.495. The lowest BCUT2D eigenvalue weighted by molar-refractivity contribution is -0.384. The normalized spacial score (nSPS) is 14.0. The molecule has 1 aliphatic rings. The molecule has 0 radical (unpaired) electrons. The summed E-state index contributed by atoms with van der Waals surface area (Å²) in [5, 5.41) is 14.4. The molecular formula is C26H26N4O4. The molecule has 0 bridgehead atoms. The van der Waals surface area contributed by atoms with Crippen LogP contribution in [-0.4, -0.2) is 54.7 Å². The summed E-state index contributed by atoms with van der Waals surface area (Å²) in [4.78, 5) is 40.9. The fourth-order valence-electron chi connectivity index (χ4n) is 4.24. The first-order valence-corrected chi connectivity index (χ1v) is 11.1. The van der Waals surface area contributed by atoms with Crippen molar-refractivity contribution in [1.29, 1.82) is 0 Å². The molecule has 1 saturated heterocycles. The second-order valence-electron chi connectivity index (χ2n) is 8.36. The minimum atomic E-state index is -0.499. The van der Waals surface area contributed by atoms with Gasteiger partial charge in [-0.3, -0.25) is 19.7 Å². The lowest BCUT2D eigenvalue weighted by Gasteiger charge is -2.36. The van der Waals surface area contributed by atoms with Crippen molar-refractivity contribution in [1.82, 2.24) is 4.90 Å². The van der Waals surface area contributed by atoms with Crippen LogP contribution < -0.4 is 10.2 Å². The molecule has 0 atom stereocenters. The van der Waals surface area contributed by atoms with E-state index in [0.29, 0.717) is 16.8 Å². The first-order chi connectivity index (χ1) is 16.3. The standard InChI is InChI=1S/C26H26N4O4/c1-18(31)27-24-10-6-9-22(25(24)29-15-13-28(2)14-16-29)21-12-11-20(30(33)34)17-23(21)26(32)19-7-4-3-5-8-19/h3-12,17H,13-16H2,1-2H3,(H,27,31). The van der Waals surface area contributed by atoms with E-state index in [1.54, 1.807) is 30.3 Å². The Labute approximate surface area is 198 Å². The first kappa shape index (κ1) is 23.1. The number of para-hydroxylation sites is 1. The number of hydrogen-bond donors (Lipinski definition) is 1. The molecule has 0 saturated carbocycles. The minimum Gasteiger partial charge on any atom is -0.367 e. The summed E-state index contributed by atoms with van der Waals surface area (Å²) in [5.41, 5.74) is 3.32. The zero-order chi connectivity index (χ0) is 24.2. The van der Waals surface area contributed by atoms with Crippen LogP contribution >= 0.6 is 0 Å². The van der Waals surface area contributed by atoms with Crippen molar-refractivity contribution < 1.29 is 14.5 Å². The number of likely N-dealkylation sites (N-methyl/N-ethyl adjacent to an activating group) is 1. The van der Waals surface area contributed by atoms with Crippen molar-refractivity contribution in [2.45, 2.75) is 6.92 Å². The highest BCUT2D eigenvalue weighted by Crippen LogP contribution is 2.40. The Morgan fingerprint density at radius 2 is 1.62 bits per heavy atom. The number of amides is 1. The second-order valence-corrected chi connectivity index (χ2v) is 8.36. The van der Waals surface area contributed by atoms with Crippen LogP contribution in [0, 0.1) is 10.1 Å². The number of non-ortho nitro benzene ring substituents is 1. The van der Waals surface area contributed by atoms with Gasteiger partial charge in [0.15, 0.2) is 5.78 Å². The lowest BCUT2D eigenvalue weighted by atomic mass is 9.91. The Morgan fingerprint density at radius 3 is 2.26 bits per heavy atom. The van der Waals surface area contributed by atoms with Crippen LogP contribution in [0.1, 0.15) is 22.8 Å². The van der Waals surface area contributed by atoms with Gasteiger partial charge in [0.05, 0.1) is 16.3 Å². The Morgan fingerprint density at radius 1 is 0.912 bits per heavy atom. The Kier molecular flexibility index (Phi) is 6.70. The van der Waals surface area contributed by atoms with E-state index in [0.717, 1.165) is 37.4 Å². The van der Waals surface area contributed by atoms with E-state index < -0.39 is 4.92 Å². The van der Waals surface area contributed by atoms with Crippen LogP contribution in [0.2, 0.25) is 0 Å². The number of nitro groups is 1. The van der Waals surface area contributed by atoms with E-state index in [4.69, 9.17) is 0 Å². The quantitative estimate of drug-likeness (QED) is 0.338. The zero-order valence-corrected chi connectivity index (χ0v) is 19.2. The van der Waals surface area contributed by atoms with Crippen LogP contribution in [0.15, 0.2) is 66.7 Å². The predicted octanol–water partition coefficient (Wildman–Crippen LogP) is 4.20. The summed E-state index contributed by atoms with van der Waals surface area (Å²) in [6.45, 7) is 4.65. The molecule has 4 rings (SSSR count). The monoisotopic (exact) mass is 458 g/mol. The molecule has 0 spiro atoms. The molecule has 1 fully saturated rings. The molecule has 1 N–H and O–H groups in total. The fraction of sp³-hybridized carbons (Fsp3) is 0.231. The molecule has 0 unspecified atom stereocenters. The Bertz CT molecular complexity index is 1230. The van der Waals surface area contributed by atoms with Gasteiger partial charge in [-0.05, 0) is 24.7 Å². The number of carbonyl (C=O) groups excluding carboxylic acids is 2. The Hall–Kier alpha value is -4.04. The molecule has 1 amide bonds. The zero-order valence-electron chi connectivity index (χ0n) is 19.2. The van der Waals surface area contributed by atoms with Gasteiger partial charge in [-0.25, -0.2) is 0 Å². The van der Waals surface area contributed by atoms with Crippen LogP contribution in [-0.2, 0) is 4.79 Å². The van der Waals surface area contributed by atoms with E-state index in [1.807, 2.05) is 24.3 Å². The van der Waals surface area contributed by atoms with Crippen LogP contribution in [0.4, 0.5) is 17.1 Å². The van der Waals surface area contributed by atoms with Crippen molar-refractivity contribution in [3.63, 3.8) is 0 Å². The highest BCUT2D eigenvalue weighted by molar-refractivity contribution is 6.14. The van der Waals surface area contributed by atoms with E-state index in [1.165, 1.54) is 19.1 Å². The van der Waals surface area contributed by atoms with E-state index in [-0.39, 0.29) is 22.9 Å². The summed E-state index contributed by atoms with van der Waals surface area (Å²) in [7, 11) is 2.06. The highest BCUT2D eigenvalue weighted by atomic mass is 16.6. The first-order valence-electron chi connectivity index (χ1n) is 11.1. The molecular weight excluding hydrogens is 432 g/mol. The van der Waals surface area contributed by atoms with Gasteiger partial charge in [0, 0.05) is 61.9 Å². The smallest absolute Gasteiger partial charge is 0.270 e. The third-order valence-corrected chi connectivity index (χ3v) is 5.95. The molecule has 1 aliphatic heterocycles. The summed E-state index contributed by atoms with van der Waals surface area (Å²) >= 11 is 0. The molecule has 1 heterocycles. The maximum absolute atomic E-state index is 13.5. The van der Waals surface area contributed by atoms with Crippen LogP contribution in [0.25, 0.3) is 11.1 Å². The number of benzene rings is 3. The van der Waals surface area contributed by atoms with Crippen molar-refractivity contribution in [3.05, 3.63) is 88.0 Å². The van der Waals surface area contributed by atoms with Gasteiger partial charge in [0.2, 0.25) is 5.91 Å². The van der Waals surface area contributed by atoms with Crippen molar-refractivity contribution >= 4 is 28.8 Å². The van der Waals surface area contributed by atoms with Gasteiger partial charge in [0.1, 0.15) is 0 Å².